The predicted octanol–water partition coefficient (Wildman–Crippen LogP) is 2.92. The lowest BCUT2D eigenvalue weighted by atomic mass is 10.1. The summed E-state index contributed by atoms with van der Waals surface area (Å²) < 4.78 is 5.73. The van der Waals surface area contributed by atoms with Crippen molar-refractivity contribution in [3.63, 3.8) is 0 Å². The molecule has 0 bridgehead atoms. The second kappa shape index (κ2) is 8.71. The molecular weight excluding hydrogens is 340 g/mol. The third-order valence-corrected chi connectivity index (χ3v) is 4.89. The summed E-state index contributed by atoms with van der Waals surface area (Å²) in [4.78, 5) is 28.7. The fraction of sp³-hybridized carbons (Fsp3) is 0.364. The van der Waals surface area contributed by atoms with Crippen molar-refractivity contribution in [1.29, 1.82) is 0 Å². The van der Waals surface area contributed by atoms with Crippen LogP contribution in [0, 0.1) is 6.92 Å². The predicted molar refractivity (Wildman–Crippen MR) is 105 cm³/mol. The molecule has 0 radical (unpaired) electrons. The van der Waals surface area contributed by atoms with E-state index in [1.807, 2.05) is 60.4 Å². The molecule has 142 valence electrons. The highest BCUT2D eigenvalue weighted by Crippen LogP contribution is 2.18. The minimum absolute atomic E-state index is 0.0268. The molecule has 0 aromatic heterocycles. The minimum atomic E-state index is -0.0384. The van der Waals surface area contributed by atoms with E-state index < -0.39 is 0 Å². The van der Waals surface area contributed by atoms with E-state index in [4.69, 9.17) is 4.74 Å². The molecule has 27 heavy (non-hydrogen) atoms. The number of hydrogen-bond acceptors (Lipinski definition) is 3. The maximum atomic E-state index is 12.6. The van der Waals surface area contributed by atoms with E-state index in [2.05, 4.69) is 6.92 Å². The van der Waals surface area contributed by atoms with Crippen LogP contribution in [0.15, 0.2) is 48.5 Å². The largest absolute Gasteiger partial charge is 0.483 e. The van der Waals surface area contributed by atoms with Gasteiger partial charge in [0.15, 0.2) is 6.61 Å². The monoisotopic (exact) mass is 366 g/mol. The maximum Gasteiger partial charge on any atom is 0.260 e. The van der Waals surface area contributed by atoms with Crippen LogP contribution in [0.25, 0.3) is 0 Å². The van der Waals surface area contributed by atoms with Gasteiger partial charge in [-0.25, -0.2) is 0 Å². The molecule has 2 aromatic rings. The van der Waals surface area contributed by atoms with Gasteiger partial charge in [0.25, 0.3) is 11.8 Å². The standard InChI is InChI=1S/C22H26N2O3/c1-3-18-8-4-5-10-20(18)27-16-21(25)23-11-13-24(14-12-23)22(26)19-9-6-7-17(2)15-19/h4-10,15H,3,11-14,16H2,1-2H3. The van der Waals surface area contributed by atoms with Crippen LogP contribution in [-0.4, -0.2) is 54.4 Å². The van der Waals surface area contributed by atoms with Gasteiger partial charge >= 0.3 is 0 Å². The molecule has 0 spiro atoms. The van der Waals surface area contributed by atoms with E-state index in [-0.39, 0.29) is 18.4 Å². The summed E-state index contributed by atoms with van der Waals surface area (Å²) in [6.07, 6.45) is 0.865. The first-order chi connectivity index (χ1) is 13.1. The van der Waals surface area contributed by atoms with E-state index in [9.17, 15) is 9.59 Å². The van der Waals surface area contributed by atoms with Gasteiger partial charge in [0.2, 0.25) is 0 Å². The number of benzene rings is 2. The van der Waals surface area contributed by atoms with Crippen molar-refractivity contribution in [2.45, 2.75) is 20.3 Å². The Labute approximate surface area is 160 Å². The van der Waals surface area contributed by atoms with Crippen molar-refractivity contribution in [3.05, 3.63) is 65.2 Å². The number of amides is 2. The van der Waals surface area contributed by atoms with Gasteiger partial charge in [0, 0.05) is 31.7 Å². The quantitative estimate of drug-likeness (QED) is 0.818. The molecule has 1 heterocycles. The molecule has 2 amide bonds. The molecule has 5 heteroatoms. The van der Waals surface area contributed by atoms with Gasteiger partial charge in [0.05, 0.1) is 0 Å². The zero-order valence-corrected chi connectivity index (χ0v) is 16.0. The van der Waals surface area contributed by atoms with Gasteiger partial charge in [-0.2, -0.15) is 0 Å². The Hall–Kier alpha value is -2.82. The Morgan fingerprint density at radius 3 is 2.37 bits per heavy atom. The number of rotatable bonds is 5. The van der Waals surface area contributed by atoms with E-state index >= 15 is 0 Å². The maximum absolute atomic E-state index is 12.6. The fourth-order valence-corrected chi connectivity index (χ4v) is 3.29. The van der Waals surface area contributed by atoms with Crippen LogP contribution in [0.5, 0.6) is 5.75 Å². The van der Waals surface area contributed by atoms with E-state index in [1.54, 1.807) is 4.90 Å². The van der Waals surface area contributed by atoms with Crippen molar-refractivity contribution < 1.29 is 14.3 Å². The molecule has 0 N–H and O–H groups in total. The van der Waals surface area contributed by atoms with Crippen molar-refractivity contribution in [2.75, 3.05) is 32.8 Å². The number of para-hydroxylation sites is 1. The normalized spacial score (nSPS) is 14.1. The number of ether oxygens (including phenoxy) is 1. The second-order valence-corrected chi connectivity index (χ2v) is 6.79. The average Bonchev–Trinajstić information content (AvgIpc) is 2.71. The zero-order chi connectivity index (χ0) is 19.2. The number of hydrogen-bond donors (Lipinski definition) is 0. The Kier molecular flexibility index (Phi) is 6.12. The van der Waals surface area contributed by atoms with Gasteiger partial charge in [0.1, 0.15) is 5.75 Å². The minimum Gasteiger partial charge on any atom is -0.483 e. The molecule has 1 fully saturated rings. The third-order valence-electron chi connectivity index (χ3n) is 4.89. The number of carbonyl (C=O) groups excluding carboxylic acids is 2. The van der Waals surface area contributed by atoms with E-state index in [0.29, 0.717) is 31.7 Å². The van der Waals surface area contributed by atoms with Crippen molar-refractivity contribution in [3.8, 4) is 5.75 Å². The molecule has 3 rings (SSSR count). The molecule has 2 aromatic carbocycles. The number of nitrogens with zero attached hydrogens (tertiary/aromatic N) is 2. The first-order valence-electron chi connectivity index (χ1n) is 9.43. The van der Waals surface area contributed by atoms with Gasteiger partial charge < -0.3 is 14.5 Å². The van der Waals surface area contributed by atoms with Crippen LogP contribution >= 0.6 is 0 Å². The van der Waals surface area contributed by atoms with Crippen LogP contribution in [0.3, 0.4) is 0 Å². The van der Waals surface area contributed by atoms with Crippen LogP contribution in [0.4, 0.5) is 0 Å². The fourth-order valence-electron chi connectivity index (χ4n) is 3.29. The Morgan fingerprint density at radius 1 is 0.963 bits per heavy atom. The van der Waals surface area contributed by atoms with Gasteiger partial charge in [-0.05, 0) is 37.1 Å². The van der Waals surface area contributed by atoms with Crippen molar-refractivity contribution >= 4 is 11.8 Å². The molecule has 0 aliphatic carbocycles. The Bertz CT molecular complexity index is 811. The first kappa shape index (κ1) is 19.0. The topological polar surface area (TPSA) is 49.9 Å². The lowest BCUT2D eigenvalue weighted by Crippen LogP contribution is -2.51. The SMILES string of the molecule is CCc1ccccc1OCC(=O)N1CCN(C(=O)c2cccc(C)c2)CC1. The highest BCUT2D eigenvalue weighted by molar-refractivity contribution is 5.94. The number of piperazine rings is 1. The summed E-state index contributed by atoms with van der Waals surface area (Å²) in [7, 11) is 0. The highest BCUT2D eigenvalue weighted by Gasteiger charge is 2.25. The molecule has 1 aliphatic rings. The lowest BCUT2D eigenvalue weighted by Gasteiger charge is -2.34. The summed E-state index contributed by atoms with van der Waals surface area (Å²) >= 11 is 0. The van der Waals surface area contributed by atoms with Crippen LogP contribution in [0.2, 0.25) is 0 Å². The summed E-state index contributed by atoms with van der Waals surface area (Å²) in [5.41, 5.74) is 2.87. The summed E-state index contributed by atoms with van der Waals surface area (Å²) in [6.45, 7) is 6.24. The molecule has 5 nitrogen and oxygen atoms in total. The molecule has 0 atom stereocenters. The smallest absolute Gasteiger partial charge is 0.260 e. The molecule has 1 aliphatic heterocycles. The number of carbonyl (C=O) groups is 2. The van der Waals surface area contributed by atoms with E-state index in [1.165, 1.54) is 0 Å². The van der Waals surface area contributed by atoms with Crippen molar-refractivity contribution in [2.24, 2.45) is 0 Å². The van der Waals surface area contributed by atoms with Gasteiger partial charge in [-0.3, -0.25) is 9.59 Å². The molecule has 1 saturated heterocycles. The summed E-state index contributed by atoms with van der Waals surface area (Å²) in [6, 6.07) is 15.4. The summed E-state index contributed by atoms with van der Waals surface area (Å²) in [5.74, 6) is 0.754. The number of aryl methyl sites for hydroxylation is 2. The molecule has 0 unspecified atom stereocenters. The first-order valence-corrected chi connectivity index (χ1v) is 9.43. The van der Waals surface area contributed by atoms with Crippen LogP contribution in [0.1, 0.15) is 28.4 Å². The molecular formula is C22H26N2O3. The van der Waals surface area contributed by atoms with Crippen molar-refractivity contribution in [1.82, 2.24) is 9.80 Å². The van der Waals surface area contributed by atoms with E-state index in [0.717, 1.165) is 23.3 Å². The molecule has 0 saturated carbocycles. The second-order valence-electron chi connectivity index (χ2n) is 6.79. The highest BCUT2D eigenvalue weighted by atomic mass is 16.5. The Balaban J connectivity index is 1.51. The van der Waals surface area contributed by atoms with Crippen LogP contribution < -0.4 is 4.74 Å². The average molecular weight is 366 g/mol. The van der Waals surface area contributed by atoms with Gasteiger partial charge in [-0.1, -0.05) is 42.8 Å². The Morgan fingerprint density at radius 2 is 1.67 bits per heavy atom. The lowest BCUT2D eigenvalue weighted by molar-refractivity contribution is -0.134. The summed E-state index contributed by atoms with van der Waals surface area (Å²) in [5, 5.41) is 0. The van der Waals surface area contributed by atoms with Gasteiger partial charge in [-0.15, -0.1) is 0 Å². The van der Waals surface area contributed by atoms with Crippen LogP contribution in [-0.2, 0) is 11.2 Å². The third kappa shape index (κ3) is 4.67. The zero-order valence-electron chi connectivity index (χ0n) is 16.0.